The first kappa shape index (κ1) is 17.5. The summed E-state index contributed by atoms with van der Waals surface area (Å²) < 4.78 is 30.8. The van der Waals surface area contributed by atoms with Gasteiger partial charge in [0.25, 0.3) is 5.56 Å². The molecule has 1 saturated carbocycles. The number of halogens is 2. The van der Waals surface area contributed by atoms with Gasteiger partial charge < -0.3 is 4.57 Å². The normalized spacial score (nSPS) is 13.9. The molecule has 4 aromatic rings. The first-order valence-electron chi connectivity index (χ1n) is 9.26. The molecule has 1 aliphatic carbocycles. The van der Waals surface area contributed by atoms with Crippen LogP contribution in [0.5, 0.6) is 0 Å². The lowest BCUT2D eigenvalue weighted by atomic mass is 10.2. The van der Waals surface area contributed by atoms with Crippen LogP contribution in [0.25, 0.3) is 16.9 Å². The molecule has 0 bridgehead atoms. The van der Waals surface area contributed by atoms with Gasteiger partial charge in [0.05, 0.1) is 12.0 Å². The van der Waals surface area contributed by atoms with Crippen LogP contribution in [-0.2, 0) is 6.54 Å². The zero-order valence-corrected chi connectivity index (χ0v) is 15.3. The maximum absolute atomic E-state index is 13.4. The first-order chi connectivity index (χ1) is 14.0. The second-order valence-electron chi connectivity index (χ2n) is 7.17. The average molecular weight is 394 g/mol. The molecule has 0 radical (unpaired) electrons. The first-order valence-corrected chi connectivity index (χ1v) is 9.26. The van der Waals surface area contributed by atoms with E-state index in [4.69, 9.17) is 0 Å². The minimum atomic E-state index is -0.483. The van der Waals surface area contributed by atoms with Gasteiger partial charge in [-0.2, -0.15) is 0 Å². The van der Waals surface area contributed by atoms with E-state index in [2.05, 4.69) is 4.98 Å². The monoisotopic (exact) mass is 394 g/mol. The van der Waals surface area contributed by atoms with Crippen LogP contribution in [0.2, 0.25) is 0 Å². The molecule has 0 aliphatic heterocycles. The zero-order valence-electron chi connectivity index (χ0n) is 15.3. The maximum atomic E-state index is 13.4. The van der Waals surface area contributed by atoms with Gasteiger partial charge in [-0.25, -0.2) is 23.1 Å². The molecule has 2 aromatic heterocycles. The summed E-state index contributed by atoms with van der Waals surface area (Å²) in [6.07, 6.45) is 3.01. The summed E-state index contributed by atoms with van der Waals surface area (Å²) in [6, 6.07) is 11.3. The summed E-state index contributed by atoms with van der Waals surface area (Å²) in [7, 11) is 0. The van der Waals surface area contributed by atoms with Crippen molar-refractivity contribution in [3.8, 4) is 5.69 Å². The molecule has 2 heterocycles. The van der Waals surface area contributed by atoms with Crippen molar-refractivity contribution in [2.45, 2.75) is 25.4 Å². The molecule has 0 spiro atoms. The number of imidazole rings is 1. The van der Waals surface area contributed by atoms with E-state index in [0.29, 0.717) is 12.2 Å². The Balaban J connectivity index is 1.76. The van der Waals surface area contributed by atoms with Crippen molar-refractivity contribution < 1.29 is 8.78 Å². The molecule has 0 atom stereocenters. The fourth-order valence-electron chi connectivity index (χ4n) is 3.54. The van der Waals surface area contributed by atoms with E-state index in [9.17, 15) is 18.4 Å². The maximum Gasteiger partial charge on any atom is 0.337 e. The van der Waals surface area contributed by atoms with Gasteiger partial charge in [-0.15, -0.1) is 0 Å². The SMILES string of the molecule is O=c1c2c(ncn2Cc2ccc(F)cc2)n(-c2ccc(F)cc2)c(=O)n1C1CC1. The van der Waals surface area contributed by atoms with E-state index in [1.807, 2.05) is 0 Å². The summed E-state index contributed by atoms with van der Waals surface area (Å²) >= 11 is 0. The van der Waals surface area contributed by atoms with Crippen molar-refractivity contribution in [3.63, 3.8) is 0 Å². The van der Waals surface area contributed by atoms with Crippen LogP contribution in [-0.4, -0.2) is 18.7 Å². The highest BCUT2D eigenvalue weighted by Gasteiger charge is 2.30. The summed E-state index contributed by atoms with van der Waals surface area (Å²) in [5.74, 6) is -0.763. The summed E-state index contributed by atoms with van der Waals surface area (Å²) in [6.45, 7) is 0.304. The Hall–Kier alpha value is -3.55. The highest BCUT2D eigenvalue weighted by atomic mass is 19.1. The molecular weight excluding hydrogens is 378 g/mol. The van der Waals surface area contributed by atoms with E-state index in [1.54, 1.807) is 16.7 Å². The summed E-state index contributed by atoms with van der Waals surface area (Å²) in [5, 5.41) is 0. The van der Waals surface area contributed by atoms with Gasteiger partial charge in [0.2, 0.25) is 0 Å². The van der Waals surface area contributed by atoms with Gasteiger partial charge >= 0.3 is 5.69 Å². The minimum absolute atomic E-state index is 0.139. The van der Waals surface area contributed by atoms with Gasteiger partial charge in [0.1, 0.15) is 11.6 Å². The standard InChI is InChI=1S/C21H16F2N4O2/c22-14-3-1-13(2-4-14)11-25-12-24-19-18(25)20(28)27(17-9-10-17)21(29)26(19)16-7-5-15(23)6-8-16/h1-8,12,17H,9-11H2. The van der Waals surface area contributed by atoms with Gasteiger partial charge in [0.15, 0.2) is 11.2 Å². The minimum Gasteiger partial charge on any atom is -0.320 e. The Labute approximate surface area is 163 Å². The van der Waals surface area contributed by atoms with Crippen molar-refractivity contribution in [1.29, 1.82) is 0 Å². The fraction of sp³-hybridized carbons (Fsp3) is 0.190. The topological polar surface area (TPSA) is 61.8 Å². The zero-order chi connectivity index (χ0) is 20.1. The van der Waals surface area contributed by atoms with Crippen LogP contribution >= 0.6 is 0 Å². The molecule has 146 valence electrons. The molecule has 5 rings (SSSR count). The van der Waals surface area contributed by atoms with Crippen molar-refractivity contribution in [2.75, 3.05) is 0 Å². The summed E-state index contributed by atoms with van der Waals surface area (Å²) in [5.41, 5.74) is 0.843. The number of benzene rings is 2. The highest BCUT2D eigenvalue weighted by Crippen LogP contribution is 2.32. The third-order valence-electron chi connectivity index (χ3n) is 5.11. The Morgan fingerprint density at radius 1 is 0.931 bits per heavy atom. The second kappa shape index (κ2) is 6.51. The van der Waals surface area contributed by atoms with E-state index >= 15 is 0 Å². The smallest absolute Gasteiger partial charge is 0.320 e. The molecule has 1 aliphatic rings. The third kappa shape index (κ3) is 2.97. The Kier molecular flexibility index (Phi) is 3.94. The average Bonchev–Trinajstić information content (AvgIpc) is 3.45. The number of aromatic nitrogens is 4. The van der Waals surface area contributed by atoms with Gasteiger partial charge in [-0.05, 0) is 54.8 Å². The fourth-order valence-corrected chi connectivity index (χ4v) is 3.54. The molecule has 0 amide bonds. The molecule has 0 N–H and O–H groups in total. The van der Waals surface area contributed by atoms with Crippen molar-refractivity contribution >= 4 is 11.2 Å². The lowest BCUT2D eigenvalue weighted by Gasteiger charge is -2.12. The molecule has 8 heteroatoms. The Morgan fingerprint density at radius 2 is 1.55 bits per heavy atom. The van der Waals surface area contributed by atoms with E-state index in [1.165, 1.54) is 51.9 Å². The van der Waals surface area contributed by atoms with Crippen molar-refractivity contribution in [3.05, 3.63) is 92.9 Å². The van der Waals surface area contributed by atoms with Gasteiger partial charge in [-0.1, -0.05) is 12.1 Å². The number of fused-ring (bicyclic) bond motifs is 1. The van der Waals surface area contributed by atoms with Gasteiger partial charge in [-0.3, -0.25) is 9.36 Å². The van der Waals surface area contributed by atoms with Crippen molar-refractivity contribution in [1.82, 2.24) is 18.7 Å². The van der Waals surface area contributed by atoms with Crippen LogP contribution in [0.4, 0.5) is 8.78 Å². The van der Waals surface area contributed by atoms with Crippen LogP contribution < -0.4 is 11.2 Å². The van der Waals surface area contributed by atoms with Gasteiger partial charge in [0, 0.05) is 12.6 Å². The summed E-state index contributed by atoms with van der Waals surface area (Å²) in [4.78, 5) is 30.6. The molecular formula is C21H16F2N4O2. The van der Waals surface area contributed by atoms with Crippen LogP contribution in [0, 0.1) is 11.6 Å². The second-order valence-corrected chi connectivity index (χ2v) is 7.17. The third-order valence-corrected chi connectivity index (χ3v) is 5.11. The quantitative estimate of drug-likeness (QED) is 0.535. The lowest BCUT2D eigenvalue weighted by molar-refractivity contribution is 0.624. The molecule has 2 aromatic carbocycles. The van der Waals surface area contributed by atoms with Crippen LogP contribution in [0.1, 0.15) is 24.4 Å². The number of rotatable bonds is 4. The Morgan fingerprint density at radius 3 is 2.17 bits per heavy atom. The Bertz CT molecular complexity index is 1330. The lowest BCUT2D eigenvalue weighted by Crippen LogP contribution is -2.39. The predicted octanol–water partition coefficient (Wildman–Crippen LogP) is 3.01. The van der Waals surface area contributed by atoms with Crippen LogP contribution in [0.3, 0.4) is 0 Å². The number of nitrogens with zero attached hydrogens (tertiary/aromatic N) is 4. The molecule has 6 nitrogen and oxygen atoms in total. The molecule has 29 heavy (non-hydrogen) atoms. The predicted molar refractivity (Wildman–Crippen MR) is 103 cm³/mol. The largest absolute Gasteiger partial charge is 0.337 e. The molecule has 0 unspecified atom stereocenters. The highest BCUT2D eigenvalue weighted by molar-refractivity contribution is 5.72. The van der Waals surface area contributed by atoms with Crippen LogP contribution in [0.15, 0.2) is 64.4 Å². The number of hydrogen-bond donors (Lipinski definition) is 0. The van der Waals surface area contributed by atoms with E-state index < -0.39 is 17.1 Å². The van der Waals surface area contributed by atoms with Crippen molar-refractivity contribution in [2.24, 2.45) is 0 Å². The van der Waals surface area contributed by atoms with E-state index in [0.717, 1.165) is 18.4 Å². The number of hydrogen-bond acceptors (Lipinski definition) is 3. The van der Waals surface area contributed by atoms with E-state index in [-0.39, 0.29) is 23.0 Å². The molecule has 1 fully saturated rings. The molecule has 0 saturated heterocycles.